The quantitative estimate of drug-likeness (QED) is 0.148. The van der Waals surface area contributed by atoms with Crippen LogP contribution in [0.3, 0.4) is 0 Å². The summed E-state index contributed by atoms with van der Waals surface area (Å²) >= 11 is 0. The fourth-order valence-corrected chi connectivity index (χ4v) is 3.52. The highest BCUT2D eigenvalue weighted by Gasteiger charge is 2.48. The first-order valence-corrected chi connectivity index (χ1v) is 9.67. The Bertz CT molecular complexity index is 589. The molecule has 0 unspecified atom stereocenters. The number of aliphatic hydroxyl groups is 4. The fraction of sp³-hybridized carbons (Fsp3) is 0.833. The second-order valence-corrected chi connectivity index (χ2v) is 7.61. The van der Waals surface area contributed by atoms with E-state index in [1.165, 1.54) is 0 Å². The molecule has 1 saturated heterocycles. The molecule has 0 aromatic heterocycles. The molecule has 0 aromatic rings. The highest BCUT2D eigenvalue weighted by molar-refractivity contribution is 5.75. The van der Waals surface area contributed by atoms with Crippen molar-refractivity contribution in [3.63, 3.8) is 0 Å². The first kappa shape index (κ1) is 23.9. The van der Waals surface area contributed by atoms with Crippen LogP contribution in [0.5, 0.6) is 0 Å². The van der Waals surface area contributed by atoms with E-state index >= 15 is 0 Å². The number of hydrogen-bond donors (Lipinski definition) is 8. The maximum absolute atomic E-state index is 11.8. The van der Waals surface area contributed by atoms with Gasteiger partial charge in [-0.2, -0.15) is 0 Å². The summed E-state index contributed by atoms with van der Waals surface area (Å²) in [6.45, 7) is -0.0908. The van der Waals surface area contributed by atoms with Crippen LogP contribution in [-0.4, -0.2) is 93.9 Å². The van der Waals surface area contributed by atoms with Crippen LogP contribution in [0, 0.1) is 12.3 Å². The molecular weight excluding hydrogens is 384 g/mol. The summed E-state index contributed by atoms with van der Waals surface area (Å²) in [5, 5.41) is 43.3. The van der Waals surface area contributed by atoms with Gasteiger partial charge in [0.05, 0.1) is 12.1 Å². The molecule has 11 N–H and O–H groups in total. The monoisotopic (exact) mass is 416 g/mol. The molecule has 1 aliphatic heterocycles. The zero-order valence-corrected chi connectivity index (χ0v) is 16.1. The molecule has 11 heteroatoms. The number of amides is 1. The third kappa shape index (κ3) is 5.85. The zero-order chi connectivity index (χ0) is 21.7. The lowest BCUT2D eigenvalue weighted by Crippen LogP contribution is -2.67. The van der Waals surface area contributed by atoms with E-state index in [0.717, 1.165) is 0 Å². The Kier molecular flexibility index (Phi) is 8.77. The predicted molar refractivity (Wildman–Crippen MR) is 102 cm³/mol. The lowest BCUT2D eigenvalue weighted by molar-refractivity contribution is -0.288. The van der Waals surface area contributed by atoms with E-state index in [1.807, 2.05) is 0 Å². The van der Waals surface area contributed by atoms with Crippen molar-refractivity contribution in [2.24, 2.45) is 17.2 Å². The van der Waals surface area contributed by atoms with E-state index in [2.05, 4.69) is 11.2 Å². The number of carbonyl (C=O) groups is 1. The Labute approximate surface area is 169 Å². The van der Waals surface area contributed by atoms with Crippen LogP contribution < -0.4 is 22.5 Å². The molecule has 1 amide bonds. The fourth-order valence-electron chi connectivity index (χ4n) is 3.52. The lowest BCUT2D eigenvalue weighted by atomic mass is 9.84. The van der Waals surface area contributed by atoms with Gasteiger partial charge in [-0.1, -0.05) is 0 Å². The van der Waals surface area contributed by atoms with Crippen LogP contribution in [-0.2, 0) is 14.3 Å². The molecule has 2 aliphatic rings. The molecule has 10 atom stereocenters. The number of carbonyl (C=O) groups excluding carboxylic acids is 1. The van der Waals surface area contributed by atoms with E-state index in [1.54, 1.807) is 0 Å². The number of ether oxygens (including phenoxy) is 2. The van der Waals surface area contributed by atoms with Gasteiger partial charge in [0.15, 0.2) is 6.29 Å². The van der Waals surface area contributed by atoms with Gasteiger partial charge in [-0.05, 0) is 12.8 Å². The van der Waals surface area contributed by atoms with E-state index in [9.17, 15) is 25.2 Å². The Balaban J connectivity index is 1.97. The van der Waals surface area contributed by atoms with Gasteiger partial charge in [0.25, 0.3) is 0 Å². The number of nitrogens with two attached hydrogens (primary N) is 3. The Morgan fingerprint density at radius 2 is 1.79 bits per heavy atom. The molecule has 0 bridgehead atoms. The topological polar surface area (TPSA) is 207 Å². The van der Waals surface area contributed by atoms with Crippen molar-refractivity contribution >= 4 is 5.91 Å². The zero-order valence-electron chi connectivity index (χ0n) is 16.1. The second-order valence-electron chi connectivity index (χ2n) is 7.61. The smallest absolute Gasteiger partial charge is 0.220 e. The van der Waals surface area contributed by atoms with Crippen molar-refractivity contribution in [2.45, 2.75) is 86.7 Å². The number of rotatable bonds is 7. The molecule has 0 spiro atoms. The maximum atomic E-state index is 11.8. The van der Waals surface area contributed by atoms with Crippen LogP contribution in [0.1, 0.15) is 25.7 Å². The van der Waals surface area contributed by atoms with Crippen molar-refractivity contribution in [3.8, 4) is 12.3 Å². The Morgan fingerprint density at radius 3 is 2.45 bits per heavy atom. The standard InChI is InChI=1S/C18H32N4O7/c1-2-3-4-5-11(23)22-7-10-14(25)15(26)12(21)18(28-10)29-17-9(20)6-8(19)13(24)16(17)27/h1,8-10,12-18,24-27H,3-7,19-21H2,(H,22,23)/t8-,9+,10-,12-,13+,14-,15-,16-,17-,18-/m1/s1. The number of aliphatic hydroxyl groups excluding tert-OH is 4. The van der Waals surface area contributed by atoms with Crippen LogP contribution in [0.25, 0.3) is 0 Å². The number of terminal acetylenes is 1. The van der Waals surface area contributed by atoms with E-state index in [0.29, 0.717) is 12.8 Å². The second kappa shape index (κ2) is 10.6. The van der Waals surface area contributed by atoms with Crippen LogP contribution >= 0.6 is 0 Å². The summed E-state index contributed by atoms with van der Waals surface area (Å²) in [4.78, 5) is 11.8. The van der Waals surface area contributed by atoms with Crippen LogP contribution in [0.4, 0.5) is 0 Å². The minimum atomic E-state index is -1.40. The van der Waals surface area contributed by atoms with Gasteiger partial charge in [0.1, 0.15) is 30.5 Å². The first-order valence-electron chi connectivity index (χ1n) is 9.67. The largest absolute Gasteiger partial charge is 0.389 e. The predicted octanol–water partition coefficient (Wildman–Crippen LogP) is -4.15. The van der Waals surface area contributed by atoms with Gasteiger partial charge in [-0.25, -0.2) is 0 Å². The molecular formula is C18H32N4O7. The minimum Gasteiger partial charge on any atom is -0.389 e. The van der Waals surface area contributed by atoms with Crippen molar-refractivity contribution in [1.82, 2.24) is 5.32 Å². The molecule has 1 saturated carbocycles. The summed E-state index contributed by atoms with van der Waals surface area (Å²) in [5.41, 5.74) is 17.6. The van der Waals surface area contributed by atoms with Crippen LogP contribution in [0.2, 0.25) is 0 Å². The van der Waals surface area contributed by atoms with E-state index in [4.69, 9.17) is 33.1 Å². The van der Waals surface area contributed by atoms with Gasteiger partial charge >= 0.3 is 0 Å². The number of nitrogens with one attached hydrogen (secondary N) is 1. The highest BCUT2D eigenvalue weighted by Crippen LogP contribution is 2.27. The summed E-state index contributed by atoms with van der Waals surface area (Å²) in [6.07, 6.45) is -2.09. The van der Waals surface area contributed by atoms with Crippen molar-refractivity contribution < 1.29 is 34.7 Å². The molecule has 166 valence electrons. The normalized spacial score (nSPS) is 42.8. The molecule has 0 radical (unpaired) electrons. The SMILES string of the molecule is C#CCCCC(=O)NC[C@H]1O[C@H](O[C@H]2[C@H](O)[C@@H](O)[C@H](N)C[C@@H]2N)[C@H](N)[C@@H](O)[C@@H]1O. The third-order valence-electron chi connectivity index (χ3n) is 5.36. The van der Waals surface area contributed by atoms with Gasteiger partial charge in [0, 0.05) is 31.5 Å². The van der Waals surface area contributed by atoms with Gasteiger partial charge in [-0.3, -0.25) is 4.79 Å². The minimum absolute atomic E-state index is 0.0908. The molecule has 0 aromatic carbocycles. The number of unbranched alkanes of at least 4 members (excludes halogenated alkanes) is 1. The summed E-state index contributed by atoms with van der Waals surface area (Å²) in [6, 6.07) is -2.54. The Hall–Kier alpha value is -1.33. The summed E-state index contributed by atoms with van der Waals surface area (Å²) in [7, 11) is 0. The van der Waals surface area contributed by atoms with Gasteiger partial charge < -0.3 is 52.4 Å². The average molecular weight is 416 g/mol. The van der Waals surface area contributed by atoms with Crippen molar-refractivity contribution in [1.29, 1.82) is 0 Å². The molecule has 2 fully saturated rings. The van der Waals surface area contributed by atoms with Gasteiger partial charge in [0.2, 0.25) is 5.91 Å². The van der Waals surface area contributed by atoms with Gasteiger partial charge in [-0.15, -0.1) is 12.3 Å². The van der Waals surface area contributed by atoms with Crippen LogP contribution in [0.15, 0.2) is 0 Å². The maximum Gasteiger partial charge on any atom is 0.220 e. The first-order chi connectivity index (χ1) is 13.7. The average Bonchev–Trinajstić information content (AvgIpc) is 2.68. The highest BCUT2D eigenvalue weighted by atomic mass is 16.7. The molecule has 2 rings (SSSR count). The lowest BCUT2D eigenvalue weighted by Gasteiger charge is -2.45. The van der Waals surface area contributed by atoms with E-state index < -0.39 is 61.0 Å². The summed E-state index contributed by atoms with van der Waals surface area (Å²) < 4.78 is 11.3. The van der Waals surface area contributed by atoms with Crippen molar-refractivity contribution in [3.05, 3.63) is 0 Å². The summed E-state index contributed by atoms with van der Waals surface area (Å²) in [5.74, 6) is 2.16. The molecule has 1 heterocycles. The van der Waals surface area contributed by atoms with Crippen molar-refractivity contribution in [2.75, 3.05) is 6.54 Å². The molecule has 11 nitrogen and oxygen atoms in total. The molecule has 29 heavy (non-hydrogen) atoms. The molecule has 1 aliphatic carbocycles. The Morgan fingerprint density at radius 1 is 1.10 bits per heavy atom. The number of hydrogen-bond acceptors (Lipinski definition) is 10. The van der Waals surface area contributed by atoms with E-state index in [-0.39, 0.29) is 25.3 Å². The third-order valence-corrected chi connectivity index (χ3v) is 5.36.